The molecule has 0 aromatic carbocycles. The van der Waals surface area contributed by atoms with Gasteiger partial charge in [-0.25, -0.2) is 0 Å². The van der Waals surface area contributed by atoms with Crippen molar-refractivity contribution in [2.24, 2.45) is 29.6 Å². The van der Waals surface area contributed by atoms with Crippen LogP contribution in [0.3, 0.4) is 0 Å². The van der Waals surface area contributed by atoms with Gasteiger partial charge < -0.3 is 5.32 Å². The maximum atomic E-state index is 3.94. The molecule has 0 aromatic heterocycles. The minimum Gasteiger partial charge on any atom is -0.312 e. The van der Waals surface area contributed by atoms with Gasteiger partial charge in [-0.3, -0.25) is 4.90 Å². The second-order valence-corrected chi connectivity index (χ2v) is 9.79. The molecule has 1 N–H and O–H groups in total. The number of fused-ring (bicyclic) bond motifs is 1. The Balaban J connectivity index is 1.98. The van der Waals surface area contributed by atoms with Crippen LogP contribution in [-0.4, -0.2) is 35.6 Å². The minimum atomic E-state index is 0.462. The summed E-state index contributed by atoms with van der Waals surface area (Å²) in [6.07, 6.45) is 5.73. The van der Waals surface area contributed by atoms with E-state index in [0.29, 0.717) is 5.54 Å². The molecule has 4 unspecified atom stereocenters. The van der Waals surface area contributed by atoms with Gasteiger partial charge in [0.25, 0.3) is 0 Å². The number of nitrogens with zero attached hydrogens (tertiary/aromatic N) is 1. The summed E-state index contributed by atoms with van der Waals surface area (Å²) in [5, 5.41) is 3.94. The fraction of sp³-hybridized carbons (Fsp3) is 1.00. The van der Waals surface area contributed by atoms with Crippen molar-refractivity contribution in [3.05, 3.63) is 0 Å². The Kier molecular flexibility index (Phi) is 4.64. The molecule has 0 amide bonds. The second kappa shape index (κ2) is 6.09. The molecule has 0 aromatic rings. The van der Waals surface area contributed by atoms with Gasteiger partial charge in [0.1, 0.15) is 0 Å². The van der Waals surface area contributed by atoms with Crippen molar-refractivity contribution in [1.82, 2.24) is 10.2 Å². The zero-order valence-electron chi connectivity index (χ0n) is 15.7. The van der Waals surface area contributed by atoms with Gasteiger partial charge in [0.15, 0.2) is 0 Å². The van der Waals surface area contributed by atoms with Crippen molar-refractivity contribution in [3.8, 4) is 0 Å². The van der Waals surface area contributed by atoms with E-state index in [-0.39, 0.29) is 0 Å². The number of likely N-dealkylation sites (tertiary alicyclic amines) is 1. The number of piperidine rings is 2. The highest BCUT2D eigenvalue weighted by atomic mass is 15.3. The third kappa shape index (κ3) is 2.75. The molecular formula is C20H38N2. The normalized spacial score (nSPS) is 37.0. The van der Waals surface area contributed by atoms with Crippen LogP contribution in [0.15, 0.2) is 0 Å². The van der Waals surface area contributed by atoms with Crippen molar-refractivity contribution >= 4 is 0 Å². The summed E-state index contributed by atoms with van der Waals surface area (Å²) < 4.78 is 0. The predicted molar refractivity (Wildman–Crippen MR) is 95.0 cm³/mol. The predicted octanol–water partition coefficient (Wildman–Crippen LogP) is 4.16. The molecular weight excluding hydrogens is 268 g/mol. The standard InChI is InChI=1S/C20H38N2/c1-13(2)9-20(10-14(3)4)17-7-16-8-18(19(17)21-11-16)22(20)12-15(5)6/h13-19,21H,7-12H2,1-6H3. The maximum absolute atomic E-state index is 3.94. The molecule has 4 aliphatic rings. The molecule has 2 heteroatoms. The number of rotatable bonds is 6. The molecule has 0 radical (unpaired) electrons. The van der Waals surface area contributed by atoms with E-state index in [9.17, 15) is 0 Å². The van der Waals surface area contributed by atoms with Crippen LogP contribution in [0.5, 0.6) is 0 Å². The van der Waals surface area contributed by atoms with Gasteiger partial charge in [0.2, 0.25) is 0 Å². The first-order chi connectivity index (χ1) is 10.3. The molecule has 4 rings (SSSR count). The first kappa shape index (κ1) is 16.8. The zero-order chi connectivity index (χ0) is 16.1. The number of nitrogens with one attached hydrogen (secondary N) is 1. The monoisotopic (exact) mass is 306 g/mol. The SMILES string of the molecule is CC(C)CN1C2CC3CNC2C(C3)C1(CC(C)C)CC(C)C. The molecule has 3 heterocycles. The number of hydrogen-bond donors (Lipinski definition) is 1. The quantitative estimate of drug-likeness (QED) is 0.793. The van der Waals surface area contributed by atoms with Crippen LogP contribution in [0.2, 0.25) is 0 Å². The Hall–Kier alpha value is -0.0800. The molecule has 3 aliphatic heterocycles. The van der Waals surface area contributed by atoms with Crippen LogP contribution in [0.4, 0.5) is 0 Å². The fourth-order valence-electron chi connectivity index (χ4n) is 6.27. The van der Waals surface area contributed by atoms with Crippen LogP contribution < -0.4 is 5.32 Å². The highest BCUT2D eigenvalue weighted by Crippen LogP contribution is 2.55. The average molecular weight is 307 g/mol. The first-order valence-electron chi connectivity index (χ1n) is 9.83. The van der Waals surface area contributed by atoms with Crippen molar-refractivity contribution in [2.75, 3.05) is 13.1 Å². The Morgan fingerprint density at radius 3 is 2.09 bits per heavy atom. The van der Waals surface area contributed by atoms with Gasteiger partial charge in [0, 0.05) is 24.2 Å². The van der Waals surface area contributed by atoms with Crippen molar-refractivity contribution in [2.45, 2.75) is 84.8 Å². The number of hydrogen-bond acceptors (Lipinski definition) is 2. The summed E-state index contributed by atoms with van der Waals surface area (Å²) in [5.74, 6) is 4.21. The second-order valence-electron chi connectivity index (χ2n) is 9.79. The molecule has 4 bridgehead atoms. The van der Waals surface area contributed by atoms with E-state index in [2.05, 4.69) is 51.8 Å². The highest BCUT2D eigenvalue weighted by Gasteiger charge is 2.62. The van der Waals surface area contributed by atoms with Crippen LogP contribution in [0, 0.1) is 29.6 Å². The van der Waals surface area contributed by atoms with E-state index in [1.807, 2.05) is 0 Å². The molecule has 0 spiro atoms. The van der Waals surface area contributed by atoms with E-state index < -0.39 is 0 Å². The maximum Gasteiger partial charge on any atom is 0.0269 e. The highest BCUT2D eigenvalue weighted by molar-refractivity contribution is 5.18. The lowest BCUT2D eigenvalue weighted by Crippen LogP contribution is -2.56. The molecule has 128 valence electrons. The largest absolute Gasteiger partial charge is 0.312 e. The lowest BCUT2D eigenvalue weighted by molar-refractivity contribution is 0.0316. The van der Waals surface area contributed by atoms with Gasteiger partial charge in [0.05, 0.1) is 0 Å². The van der Waals surface area contributed by atoms with Gasteiger partial charge in [-0.2, -0.15) is 0 Å². The van der Waals surface area contributed by atoms with Crippen LogP contribution in [-0.2, 0) is 0 Å². The van der Waals surface area contributed by atoms with Crippen molar-refractivity contribution < 1.29 is 0 Å². The summed E-state index contributed by atoms with van der Waals surface area (Å²) in [6.45, 7) is 17.1. The van der Waals surface area contributed by atoms with Crippen LogP contribution >= 0.6 is 0 Å². The lowest BCUT2D eigenvalue weighted by Gasteiger charge is -2.47. The van der Waals surface area contributed by atoms with E-state index >= 15 is 0 Å². The smallest absolute Gasteiger partial charge is 0.0269 e. The van der Waals surface area contributed by atoms with E-state index in [0.717, 1.165) is 41.7 Å². The van der Waals surface area contributed by atoms with Crippen LogP contribution in [0.25, 0.3) is 0 Å². The Bertz CT molecular complexity index is 377. The van der Waals surface area contributed by atoms with E-state index in [1.165, 1.54) is 38.8 Å². The third-order valence-electron chi connectivity index (χ3n) is 6.40. The van der Waals surface area contributed by atoms with Crippen molar-refractivity contribution in [3.63, 3.8) is 0 Å². The Morgan fingerprint density at radius 2 is 1.59 bits per heavy atom. The van der Waals surface area contributed by atoms with Crippen LogP contribution in [0.1, 0.15) is 67.2 Å². The third-order valence-corrected chi connectivity index (χ3v) is 6.40. The first-order valence-corrected chi connectivity index (χ1v) is 9.83. The average Bonchev–Trinajstić information content (AvgIpc) is 2.57. The molecule has 1 saturated carbocycles. The molecule has 1 aliphatic carbocycles. The summed E-state index contributed by atoms with van der Waals surface area (Å²) in [5.41, 5.74) is 0.462. The van der Waals surface area contributed by atoms with Gasteiger partial charge in [-0.15, -0.1) is 0 Å². The minimum absolute atomic E-state index is 0.462. The molecule has 3 saturated heterocycles. The van der Waals surface area contributed by atoms with Gasteiger partial charge >= 0.3 is 0 Å². The Morgan fingerprint density at radius 1 is 0.955 bits per heavy atom. The lowest BCUT2D eigenvalue weighted by atomic mass is 9.65. The molecule has 4 fully saturated rings. The summed E-state index contributed by atoms with van der Waals surface area (Å²) in [4.78, 5) is 3.01. The molecule has 22 heavy (non-hydrogen) atoms. The van der Waals surface area contributed by atoms with Gasteiger partial charge in [-0.05, 0) is 61.8 Å². The summed E-state index contributed by atoms with van der Waals surface area (Å²) in [7, 11) is 0. The molecule has 4 atom stereocenters. The zero-order valence-corrected chi connectivity index (χ0v) is 15.7. The summed E-state index contributed by atoms with van der Waals surface area (Å²) in [6, 6.07) is 1.60. The Labute approximate surface area is 138 Å². The fourth-order valence-corrected chi connectivity index (χ4v) is 6.27. The molecule has 2 nitrogen and oxygen atoms in total. The topological polar surface area (TPSA) is 15.3 Å². The van der Waals surface area contributed by atoms with E-state index in [1.54, 1.807) is 0 Å². The summed E-state index contributed by atoms with van der Waals surface area (Å²) >= 11 is 0. The van der Waals surface area contributed by atoms with Gasteiger partial charge in [-0.1, -0.05) is 41.5 Å². The van der Waals surface area contributed by atoms with Crippen molar-refractivity contribution in [1.29, 1.82) is 0 Å². The van der Waals surface area contributed by atoms with E-state index in [4.69, 9.17) is 0 Å².